The minimum atomic E-state index is -4.41. The monoisotopic (exact) mass is 310 g/mol. The smallest absolute Gasteiger partial charge is 0.382 e. The molecule has 0 bridgehead atoms. The number of hydrogen-bond acceptors (Lipinski definition) is 3. The number of hydrogen-bond donors (Lipinski definition) is 1. The summed E-state index contributed by atoms with van der Waals surface area (Å²) in [6, 6.07) is 0. The van der Waals surface area contributed by atoms with E-state index < -0.39 is 24.2 Å². The summed E-state index contributed by atoms with van der Waals surface area (Å²) >= 11 is 0. The third-order valence-corrected chi connectivity index (χ3v) is 3.75. The average molecular weight is 310 g/mol. The van der Waals surface area contributed by atoms with Crippen LogP contribution in [0.1, 0.15) is 45.4 Å². The lowest BCUT2D eigenvalue weighted by Crippen LogP contribution is -2.58. The molecule has 0 heterocycles. The van der Waals surface area contributed by atoms with E-state index in [0.717, 1.165) is 24.2 Å². The van der Waals surface area contributed by atoms with E-state index in [4.69, 9.17) is 10.5 Å². The number of alkyl halides is 3. The first-order valence-corrected chi connectivity index (χ1v) is 7.51. The highest BCUT2D eigenvalue weighted by Gasteiger charge is 2.41. The van der Waals surface area contributed by atoms with Gasteiger partial charge < -0.3 is 15.4 Å². The molecule has 0 saturated heterocycles. The van der Waals surface area contributed by atoms with E-state index >= 15 is 0 Å². The number of nitrogens with zero attached hydrogens (tertiary/aromatic N) is 1. The molecule has 1 fully saturated rings. The Hall–Kier alpha value is -0.820. The predicted octanol–water partition coefficient (Wildman–Crippen LogP) is 2.47. The molecule has 1 aliphatic carbocycles. The highest BCUT2D eigenvalue weighted by molar-refractivity contribution is 5.86. The lowest BCUT2D eigenvalue weighted by molar-refractivity contribution is -0.165. The quantitative estimate of drug-likeness (QED) is 0.735. The van der Waals surface area contributed by atoms with Crippen molar-refractivity contribution in [3.8, 4) is 0 Å². The van der Waals surface area contributed by atoms with Crippen molar-refractivity contribution in [2.24, 2.45) is 5.73 Å². The molecule has 1 rings (SSSR count). The summed E-state index contributed by atoms with van der Waals surface area (Å²) in [5.74, 6) is -0.573. The molecular weight excluding hydrogens is 285 g/mol. The van der Waals surface area contributed by atoms with Crippen LogP contribution in [-0.2, 0) is 9.53 Å². The van der Waals surface area contributed by atoms with Gasteiger partial charge in [0.25, 0.3) is 0 Å². The van der Waals surface area contributed by atoms with E-state index in [-0.39, 0.29) is 6.54 Å². The number of ether oxygens (including phenoxy) is 1. The third-order valence-electron chi connectivity index (χ3n) is 3.75. The third kappa shape index (κ3) is 6.22. The van der Waals surface area contributed by atoms with Crippen LogP contribution in [0.15, 0.2) is 0 Å². The Labute approximate surface area is 123 Å². The van der Waals surface area contributed by atoms with Gasteiger partial charge in [-0.15, -0.1) is 0 Å². The summed E-state index contributed by atoms with van der Waals surface area (Å²) in [6.07, 6.45) is -0.534. The second-order valence-corrected chi connectivity index (χ2v) is 5.61. The van der Waals surface area contributed by atoms with Crippen LogP contribution in [0.3, 0.4) is 0 Å². The first kappa shape index (κ1) is 18.2. The minimum absolute atomic E-state index is 0.0251. The molecule has 0 spiro atoms. The first-order valence-electron chi connectivity index (χ1n) is 7.51. The van der Waals surface area contributed by atoms with Crippen LogP contribution in [0, 0.1) is 0 Å². The standard InChI is InChI=1S/C14H25F3N2O2/c1-2-21-10-6-9-19(11-14(15,16)17)12(20)13(18)7-4-3-5-8-13/h2-11,18H2,1H3. The van der Waals surface area contributed by atoms with E-state index in [9.17, 15) is 18.0 Å². The summed E-state index contributed by atoms with van der Waals surface area (Å²) in [5.41, 5.74) is 4.93. The molecule has 21 heavy (non-hydrogen) atoms. The largest absolute Gasteiger partial charge is 0.406 e. The molecule has 1 aliphatic rings. The van der Waals surface area contributed by atoms with Crippen LogP contribution in [-0.4, -0.2) is 48.8 Å². The summed E-state index contributed by atoms with van der Waals surface area (Å²) in [7, 11) is 0. The first-order chi connectivity index (χ1) is 9.78. The highest BCUT2D eigenvalue weighted by atomic mass is 19.4. The van der Waals surface area contributed by atoms with Crippen molar-refractivity contribution in [3.63, 3.8) is 0 Å². The SMILES string of the molecule is CCOCCCN(CC(F)(F)F)C(=O)C1(N)CCCCC1. The number of halogens is 3. The van der Waals surface area contributed by atoms with Crippen LogP contribution in [0.5, 0.6) is 0 Å². The summed E-state index contributed by atoms with van der Waals surface area (Å²) in [4.78, 5) is 13.3. The number of nitrogens with two attached hydrogens (primary N) is 1. The van der Waals surface area contributed by atoms with Crippen LogP contribution in [0.2, 0.25) is 0 Å². The minimum Gasteiger partial charge on any atom is -0.382 e. The number of carbonyl (C=O) groups excluding carboxylic acids is 1. The predicted molar refractivity (Wildman–Crippen MR) is 73.7 cm³/mol. The van der Waals surface area contributed by atoms with Gasteiger partial charge in [-0.2, -0.15) is 13.2 Å². The van der Waals surface area contributed by atoms with Crippen molar-refractivity contribution in [1.82, 2.24) is 4.90 Å². The van der Waals surface area contributed by atoms with Gasteiger partial charge in [0.05, 0.1) is 5.54 Å². The fourth-order valence-electron chi connectivity index (χ4n) is 2.68. The lowest BCUT2D eigenvalue weighted by atomic mass is 9.81. The maximum Gasteiger partial charge on any atom is 0.406 e. The Morgan fingerprint density at radius 3 is 2.43 bits per heavy atom. The Balaban J connectivity index is 2.66. The van der Waals surface area contributed by atoms with Crippen molar-refractivity contribution >= 4 is 5.91 Å². The summed E-state index contributed by atoms with van der Waals surface area (Å²) in [5, 5.41) is 0. The van der Waals surface area contributed by atoms with E-state index in [0.29, 0.717) is 32.5 Å². The van der Waals surface area contributed by atoms with Crippen LogP contribution in [0.25, 0.3) is 0 Å². The van der Waals surface area contributed by atoms with Crippen molar-refractivity contribution in [3.05, 3.63) is 0 Å². The van der Waals surface area contributed by atoms with Crippen LogP contribution >= 0.6 is 0 Å². The molecule has 2 N–H and O–H groups in total. The van der Waals surface area contributed by atoms with E-state index in [1.165, 1.54) is 0 Å². The van der Waals surface area contributed by atoms with Crippen LogP contribution < -0.4 is 5.73 Å². The van der Waals surface area contributed by atoms with Crippen molar-refractivity contribution < 1.29 is 22.7 Å². The second-order valence-electron chi connectivity index (χ2n) is 5.61. The zero-order chi connectivity index (χ0) is 15.9. The van der Waals surface area contributed by atoms with Crippen molar-refractivity contribution in [2.75, 3.05) is 26.3 Å². The van der Waals surface area contributed by atoms with Gasteiger partial charge in [0.2, 0.25) is 5.91 Å². The average Bonchev–Trinajstić information content (AvgIpc) is 2.41. The van der Waals surface area contributed by atoms with Gasteiger partial charge in [-0.05, 0) is 26.2 Å². The Kier molecular flexibility index (Phi) is 6.93. The molecule has 124 valence electrons. The molecular formula is C14H25F3N2O2. The summed E-state index contributed by atoms with van der Waals surface area (Å²) in [6.45, 7) is 1.45. The number of amides is 1. The Morgan fingerprint density at radius 1 is 1.29 bits per heavy atom. The van der Waals surface area contributed by atoms with E-state index in [1.807, 2.05) is 6.92 Å². The maximum absolute atomic E-state index is 12.7. The van der Waals surface area contributed by atoms with Crippen molar-refractivity contribution in [2.45, 2.75) is 57.2 Å². The van der Waals surface area contributed by atoms with Gasteiger partial charge in [-0.1, -0.05) is 19.3 Å². The lowest BCUT2D eigenvalue weighted by Gasteiger charge is -2.37. The molecule has 0 radical (unpaired) electrons. The number of carbonyl (C=O) groups is 1. The van der Waals surface area contributed by atoms with Gasteiger partial charge in [0.15, 0.2) is 0 Å². The Bertz CT molecular complexity index is 329. The molecule has 0 aromatic rings. The topological polar surface area (TPSA) is 55.6 Å². The zero-order valence-electron chi connectivity index (χ0n) is 12.5. The molecule has 0 aromatic heterocycles. The van der Waals surface area contributed by atoms with Gasteiger partial charge >= 0.3 is 6.18 Å². The van der Waals surface area contributed by atoms with Crippen molar-refractivity contribution in [1.29, 1.82) is 0 Å². The maximum atomic E-state index is 12.7. The molecule has 7 heteroatoms. The molecule has 0 aromatic carbocycles. The molecule has 0 aliphatic heterocycles. The normalized spacial score (nSPS) is 18.5. The number of rotatable bonds is 7. The fraction of sp³-hybridized carbons (Fsp3) is 0.929. The fourth-order valence-corrected chi connectivity index (χ4v) is 2.68. The molecule has 1 amide bonds. The second kappa shape index (κ2) is 7.98. The van der Waals surface area contributed by atoms with Gasteiger partial charge in [-0.25, -0.2) is 0 Å². The molecule has 1 saturated carbocycles. The van der Waals surface area contributed by atoms with Gasteiger partial charge in [-0.3, -0.25) is 4.79 Å². The zero-order valence-corrected chi connectivity index (χ0v) is 12.5. The summed E-state index contributed by atoms with van der Waals surface area (Å²) < 4.78 is 43.1. The highest BCUT2D eigenvalue weighted by Crippen LogP contribution is 2.29. The van der Waals surface area contributed by atoms with E-state index in [1.54, 1.807) is 0 Å². The van der Waals surface area contributed by atoms with Gasteiger partial charge in [0, 0.05) is 19.8 Å². The Morgan fingerprint density at radius 2 is 1.90 bits per heavy atom. The van der Waals surface area contributed by atoms with Crippen LogP contribution in [0.4, 0.5) is 13.2 Å². The molecule has 4 nitrogen and oxygen atoms in total. The van der Waals surface area contributed by atoms with E-state index in [2.05, 4.69) is 0 Å². The molecule has 0 unspecified atom stereocenters. The molecule has 0 atom stereocenters. The van der Waals surface area contributed by atoms with Gasteiger partial charge in [0.1, 0.15) is 6.54 Å².